The summed E-state index contributed by atoms with van der Waals surface area (Å²) < 4.78 is 1.39. The van der Waals surface area contributed by atoms with Crippen LogP contribution in [-0.2, 0) is 11.3 Å². The number of hydrogen-bond acceptors (Lipinski definition) is 2. The van der Waals surface area contributed by atoms with Gasteiger partial charge in [0.2, 0.25) is 12.7 Å². The number of aromatic hydroxyl groups is 1. The molecule has 1 aromatic rings. The van der Waals surface area contributed by atoms with E-state index in [4.69, 9.17) is 10.2 Å². The van der Waals surface area contributed by atoms with Gasteiger partial charge in [0, 0.05) is 6.07 Å². The van der Waals surface area contributed by atoms with Crippen molar-refractivity contribution >= 4 is 5.97 Å². The van der Waals surface area contributed by atoms with Crippen LogP contribution in [0, 0.1) is 0 Å². The summed E-state index contributed by atoms with van der Waals surface area (Å²) in [5, 5.41) is 17.3. The van der Waals surface area contributed by atoms with Crippen molar-refractivity contribution in [3.05, 3.63) is 24.5 Å². The minimum Gasteiger partial charge on any atom is -0.503 e. The summed E-state index contributed by atoms with van der Waals surface area (Å²) in [6.45, 7) is -0.131. The van der Waals surface area contributed by atoms with Gasteiger partial charge in [-0.1, -0.05) is 0 Å². The van der Waals surface area contributed by atoms with Crippen LogP contribution in [0.25, 0.3) is 0 Å². The maximum atomic E-state index is 10.2. The lowest BCUT2D eigenvalue weighted by Gasteiger charge is -1.91. The van der Waals surface area contributed by atoms with Crippen LogP contribution < -0.4 is 4.57 Å². The monoisotopic (exact) mass is 154 g/mol. The molecule has 1 rings (SSSR count). The van der Waals surface area contributed by atoms with Gasteiger partial charge in [0.1, 0.15) is 0 Å². The number of carboxylic acid groups (broad SMARTS) is 1. The molecule has 0 aliphatic carbocycles. The van der Waals surface area contributed by atoms with Crippen molar-refractivity contribution in [1.29, 1.82) is 0 Å². The standard InChI is InChI=1S/C7H7NO3/c9-6-2-1-3-8(4-6)5-7(10)11/h1-4H,5H2,(H-,9,10,11)/p+1. The van der Waals surface area contributed by atoms with Crippen LogP contribution in [-0.4, -0.2) is 16.2 Å². The number of aromatic nitrogens is 1. The molecule has 0 aromatic carbocycles. The van der Waals surface area contributed by atoms with E-state index in [1.807, 2.05) is 0 Å². The van der Waals surface area contributed by atoms with E-state index in [0.29, 0.717) is 0 Å². The van der Waals surface area contributed by atoms with Gasteiger partial charge in [-0.3, -0.25) is 0 Å². The summed E-state index contributed by atoms with van der Waals surface area (Å²) in [5.74, 6) is -0.866. The maximum Gasteiger partial charge on any atom is 0.370 e. The van der Waals surface area contributed by atoms with Gasteiger partial charge in [-0.25, -0.2) is 4.79 Å². The predicted molar refractivity (Wildman–Crippen MR) is 35.9 cm³/mol. The largest absolute Gasteiger partial charge is 0.503 e. The second-order valence-corrected chi connectivity index (χ2v) is 2.13. The Morgan fingerprint density at radius 3 is 2.91 bits per heavy atom. The fourth-order valence-electron chi connectivity index (χ4n) is 0.763. The molecule has 1 heterocycles. The van der Waals surface area contributed by atoms with Crippen molar-refractivity contribution in [3.63, 3.8) is 0 Å². The summed E-state index contributed by atoms with van der Waals surface area (Å²) in [6, 6.07) is 3.07. The lowest BCUT2D eigenvalue weighted by Crippen LogP contribution is -2.36. The molecule has 58 valence electrons. The smallest absolute Gasteiger partial charge is 0.370 e. The van der Waals surface area contributed by atoms with Crippen LogP contribution in [0.15, 0.2) is 24.5 Å². The Morgan fingerprint density at radius 1 is 1.64 bits per heavy atom. The number of hydrogen-bond donors (Lipinski definition) is 2. The van der Waals surface area contributed by atoms with Crippen LogP contribution in [0.3, 0.4) is 0 Å². The average Bonchev–Trinajstić information content (AvgIpc) is 1.85. The molecule has 0 unspecified atom stereocenters. The predicted octanol–water partition coefficient (Wildman–Crippen LogP) is -0.236. The Labute approximate surface area is 63.3 Å². The first kappa shape index (κ1) is 7.53. The van der Waals surface area contributed by atoms with Gasteiger partial charge in [-0.15, -0.1) is 0 Å². The van der Waals surface area contributed by atoms with Crippen molar-refractivity contribution in [2.45, 2.75) is 6.54 Å². The van der Waals surface area contributed by atoms with Crippen LogP contribution >= 0.6 is 0 Å². The third kappa shape index (κ3) is 2.25. The minimum absolute atomic E-state index is 0.0637. The lowest BCUT2D eigenvalue weighted by atomic mass is 10.4. The van der Waals surface area contributed by atoms with Crippen LogP contribution in [0.5, 0.6) is 5.75 Å². The number of aliphatic carboxylic acids is 1. The third-order valence-corrected chi connectivity index (χ3v) is 1.16. The second kappa shape index (κ2) is 3.01. The van der Waals surface area contributed by atoms with Gasteiger partial charge in [-0.2, -0.15) is 4.57 Å². The Bertz CT molecular complexity index is 272. The van der Waals surface area contributed by atoms with E-state index in [1.165, 1.54) is 16.8 Å². The van der Waals surface area contributed by atoms with Gasteiger partial charge < -0.3 is 10.2 Å². The van der Waals surface area contributed by atoms with E-state index in [0.717, 1.165) is 0 Å². The fourth-order valence-corrected chi connectivity index (χ4v) is 0.763. The molecule has 0 aliphatic rings. The first-order valence-corrected chi connectivity index (χ1v) is 3.08. The van der Waals surface area contributed by atoms with Gasteiger partial charge >= 0.3 is 5.97 Å². The molecule has 0 aliphatic heterocycles. The Balaban J connectivity index is 2.79. The molecule has 0 amide bonds. The normalized spacial score (nSPS) is 9.45. The first-order chi connectivity index (χ1) is 5.18. The highest BCUT2D eigenvalue weighted by molar-refractivity contribution is 5.64. The molecule has 0 radical (unpaired) electrons. The third-order valence-electron chi connectivity index (χ3n) is 1.16. The van der Waals surface area contributed by atoms with Crippen molar-refractivity contribution in [2.24, 2.45) is 0 Å². The summed E-state index contributed by atoms with van der Waals surface area (Å²) in [4.78, 5) is 10.2. The van der Waals surface area contributed by atoms with Crippen molar-refractivity contribution in [1.82, 2.24) is 0 Å². The Morgan fingerprint density at radius 2 is 2.36 bits per heavy atom. The summed E-state index contributed by atoms with van der Waals surface area (Å²) in [7, 11) is 0. The number of carbonyl (C=O) groups is 1. The molecule has 0 saturated carbocycles. The molecule has 4 heteroatoms. The van der Waals surface area contributed by atoms with Gasteiger partial charge in [0.15, 0.2) is 11.9 Å². The highest BCUT2D eigenvalue weighted by Crippen LogP contribution is 1.99. The highest BCUT2D eigenvalue weighted by atomic mass is 16.4. The average molecular weight is 154 g/mol. The summed E-state index contributed by atoms with van der Waals surface area (Å²) in [5.41, 5.74) is 0. The number of nitrogens with zero attached hydrogens (tertiary/aromatic N) is 1. The summed E-state index contributed by atoms with van der Waals surface area (Å²) >= 11 is 0. The topological polar surface area (TPSA) is 61.4 Å². The van der Waals surface area contributed by atoms with Crippen LogP contribution in [0.4, 0.5) is 0 Å². The zero-order valence-corrected chi connectivity index (χ0v) is 5.77. The molecule has 2 N–H and O–H groups in total. The molecule has 0 spiro atoms. The zero-order valence-electron chi connectivity index (χ0n) is 5.77. The van der Waals surface area contributed by atoms with E-state index >= 15 is 0 Å². The van der Waals surface area contributed by atoms with E-state index in [9.17, 15) is 4.79 Å². The van der Waals surface area contributed by atoms with E-state index < -0.39 is 5.97 Å². The molecular formula is C7H8NO3+. The van der Waals surface area contributed by atoms with Crippen molar-refractivity contribution in [3.8, 4) is 5.75 Å². The number of pyridine rings is 1. The molecule has 0 bridgehead atoms. The second-order valence-electron chi connectivity index (χ2n) is 2.13. The maximum absolute atomic E-state index is 10.2. The van der Waals surface area contributed by atoms with Crippen LogP contribution in [0.1, 0.15) is 0 Å². The molecular weight excluding hydrogens is 146 g/mol. The van der Waals surface area contributed by atoms with Crippen LogP contribution in [0.2, 0.25) is 0 Å². The van der Waals surface area contributed by atoms with Gasteiger partial charge in [0.25, 0.3) is 0 Å². The highest BCUT2D eigenvalue weighted by Gasteiger charge is 2.06. The lowest BCUT2D eigenvalue weighted by molar-refractivity contribution is -0.686. The fraction of sp³-hybridized carbons (Fsp3) is 0.143. The van der Waals surface area contributed by atoms with Gasteiger partial charge in [-0.05, 0) is 6.07 Å². The quantitative estimate of drug-likeness (QED) is 0.578. The molecule has 11 heavy (non-hydrogen) atoms. The van der Waals surface area contributed by atoms with E-state index in [2.05, 4.69) is 0 Å². The van der Waals surface area contributed by atoms with E-state index in [-0.39, 0.29) is 12.3 Å². The molecule has 0 fully saturated rings. The Hall–Kier alpha value is -1.58. The molecule has 0 atom stereocenters. The SMILES string of the molecule is O=C(O)C[n+]1cccc(O)c1. The Kier molecular flexibility index (Phi) is 2.06. The van der Waals surface area contributed by atoms with Crippen molar-refractivity contribution in [2.75, 3.05) is 0 Å². The van der Waals surface area contributed by atoms with Crippen molar-refractivity contribution < 1.29 is 19.6 Å². The number of carboxylic acids is 1. The minimum atomic E-state index is -0.930. The molecule has 0 saturated heterocycles. The number of rotatable bonds is 2. The van der Waals surface area contributed by atoms with Gasteiger partial charge in [0.05, 0.1) is 0 Å². The zero-order chi connectivity index (χ0) is 8.27. The molecule has 4 nitrogen and oxygen atoms in total. The summed E-state index contributed by atoms with van der Waals surface area (Å²) in [6.07, 6.45) is 2.93. The molecule has 1 aromatic heterocycles. The first-order valence-electron chi connectivity index (χ1n) is 3.08. The van der Waals surface area contributed by atoms with E-state index in [1.54, 1.807) is 12.3 Å².